The van der Waals surface area contributed by atoms with E-state index in [-0.39, 0.29) is 0 Å². The van der Waals surface area contributed by atoms with Gasteiger partial charge in [0, 0.05) is 5.33 Å². The van der Waals surface area contributed by atoms with Gasteiger partial charge in [-0.1, -0.05) is 60.9 Å². The lowest BCUT2D eigenvalue weighted by atomic mass is 10.1. The molecule has 0 fully saturated rings. The van der Waals surface area contributed by atoms with Gasteiger partial charge in [0.15, 0.2) is 0 Å². The molecule has 0 aliphatic rings. The standard InChI is InChI=1S/C12H22BrF3O3S/c13-10-8-6-4-2-1-3-5-7-9-11-19-20(17,18)12(14,15)16/h1-11H2. The van der Waals surface area contributed by atoms with Gasteiger partial charge in [-0.25, -0.2) is 0 Å². The first kappa shape index (κ1) is 20.2. The molecule has 0 unspecified atom stereocenters. The zero-order valence-corrected chi connectivity index (χ0v) is 13.8. The van der Waals surface area contributed by atoms with Crippen LogP contribution in [-0.4, -0.2) is 25.9 Å². The molecule has 0 radical (unpaired) electrons. The zero-order chi connectivity index (χ0) is 15.5. The Labute approximate surface area is 127 Å². The van der Waals surface area contributed by atoms with E-state index >= 15 is 0 Å². The summed E-state index contributed by atoms with van der Waals surface area (Å²) >= 11 is 3.37. The van der Waals surface area contributed by atoms with E-state index in [1.54, 1.807) is 0 Å². The van der Waals surface area contributed by atoms with Crippen LogP contribution >= 0.6 is 15.9 Å². The third kappa shape index (κ3) is 9.99. The van der Waals surface area contributed by atoms with Crippen molar-refractivity contribution in [1.82, 2.24) is 0 Å². The van der Waals surface area contributed by atoms with E-state index in [1.807, 2.05) is 0 Å². The van der Waals surface area contributed by atoms with Gasteiger partial charge >= 0.3 is 15.6 Å². The minimum atomic E-state index is -5.41. The van der Waals surface area contributed by atoms with Crippen molar-refractivity contribution in [2.45, 2.75) is 63.3 Å². The Morgan fingerprint density at radius 2 is 1.20 bits per heavy atom. The molecule has 0 N–H and O–H groups in total. The fourth-order valence-electron chi connectivity index (χ4n) is 1.67. The summed E-state index contributed by atoms with van der Waals surface area (Å²) in [6, 6.07) is 0. The van der Waals surface area contributed by atoms with Crippen molar-refractivity contribution >= 4 is 26.0 Å². The predicted octanol–water partition coefficient (Wildman–Crippen LogP) is 4.76. The summed E-state index contributed by atoms with van der Waals surface area (Å²) < 4.78 is 60.8. The molecular weight excluding hydrogens is 361 g/mol. The van der Waals surface area contributed by atoms with Gasteiger partial charge in [-0.05, 0) is 12.8 Å². The van der Waals surface area contributed by atoms with Crippen LogP contribution in [0, 0.1) is 0 Å². The van der Waals surface area contributed by atoms with Crippen LogP contribution in [0.3, 0.4) is 0 Å². The monoisotopic (exact) mass is 382 g/mol. The van der Waals surface area contributed by atoms with Gasteiger partial charge in [0.2, 0.25) is 0 Å². The SMILES string of the molecule is O=S(=O)(OCCCCCCCCCCCBr)C(F)(F)F. The summed E-state index contributed by atoms with van der Waals surface area (Å²) in [5.41, 5.74) is -5.32. The second kappa shape index (κ2) is 10.8. The molecule has 0 aromatic rings. The number of rotatable bonds is 12. The minimum absolute atomic E-state index is 0.332. The molecule has 0 amide bonds. The quantitative estimate of drug-likeness (QED) is 0.211. The van der Waals surface area contributed by atoms with Crippen LogP contribution in [0.25, 0.3) is 0 Å². The van der Waals surface area contributed by atoms with E-state index in [0.29, 0.717) is 12.8 Å². The van der Waals surface area contributed by atoms with Crippen LogP contribution in [0.5, 0.6) is 0 Å². The molecule has 0 spiro atoms. The van der Waals surface area contributed by atoms with E-state index in [4.69, 9.17) is 0 Å². The molecule has 0 aliphatic heterocycles. The largest absolute Gasteiger partial charge is 0.523 e. The van der Waals surface area contributed by atoms with E-state index in [1.165, 1.54) is 25.7 Å². The number of halogens is 4. The smallest absolute Gasteiger partial charge is 0.263 e. The van der Waals surface area contributed by atoms with E-state index in [9.17, 15) is 21.6 Å². The number of alkyl halides is 4. The van der Waals surface area contributed by atoms with Crippen molar-refractivity contribution in [2.24, 2.45) is 0 Å². The zero-order valence-electron chi connectivity index (χ0n) is 11.4. The Hall–Kier alpha value is 0.180. The molecule has 0 aromatic carbocycles. The highest BCUT2D eigenvalue weighted by molar-refractivity contribution is 9.09. The first-order chi connectivity index (χ1) is 9.31. The summed E-state index contributed by atoms with van der Waals surface area (Å²) in [4.78, 5) is 0. The lowest BCUT2D eigenvalue weighted by molar-refractivity contribution is -0.0542. The molecule has 3 nitrogen and oxygen atoms in total. The Morgan fingerprint density at radius 3 is 1.60 bits per heavy atom. The second-order valence-corrected chi connectivity index (χ2v) is 6.99. The third-order valence-corrected chi connectivity index (χ3v) is 4.40. The molecule has 0 saturated heterocycles. The molecule has 0 saturated carbocycles. The van der Waals surface area contributed by atoms with Gasteiger partial charge in [-0.3, -0.25) is 4.18 Å². The number of hydrogen-bond acceptors (Lipinski definition) is 3. The van der Waals surface area contributed by atoms with Gasteiger partial charge in [0.05, 0.1) is 6.61 Å². The van der Waals surface area contributed by atoms with Gasteiger partial charge in [-0.2, -0.15) is 21.6 Å². The van der Waals surface area contributed by atoms with Crippen LogP contribution in [0.2, 0.25) is 0 Å². The molecule has 0 atom stereocenters. The Kier molecular flexibility index (Phi) is 10.9. The number of hydrogen-bond donors (Lipinski definition) is 0. The summed E-state index contributed by atoms with van der Waals surface area (Å²) in [5.74, 6) is 0. The maximum Gasteiger partial charge on any atom is 0.523 e. The van der Waals surface area contributed by atoms with Crippen LogP contribution in [0.4, 0.5) is 13.2 Å². The van der Waals surface area contributed by atoms with Crippen molar-refractivity contribution < 1.29 is 25.8 Å². The first-order valence-corrected chi connectivity index (χ1v) is 9.36. The lowest BCUT2D eigenvalue weighted by Crippen LogP contribution is -2.25. The first-order valence-electron chi connectivity index (χ1n) is 6.83. The van der Waals surface area contributed by atoms with Crippen molar-refractivity contribution in [3.63, 3.8) is 0 Å². The van der Waals surface area contributed by atoms with Crippen molar-refractivity contribution in [1.29, 1.82) is 0 Å². The Balaban J connectivity index is 3.38. The minimum Gasteiger partial charge on any atom is -0.263 e. The summed E-state index contributed by atoms with van der Waals surface area (Å²) in [7, 11) is -5.41. The summed E-state index contributed by atoms with van der Waals surface area (Å²) in [5, 5.41) is 1.04. The molecule has 122 valence electrons. The maximum atomic E-state index is 11.9. The van der Waals surface area contributed by atoms with Crippen LogP contribution < -0.4 is 0 Å². The Bertz CT molecular complexity index is 331. The fourth-order valence-corrected chi connectivity index (χ4v) is 2.54. The van der Waals surface area contributed by atoms with Crippen LogP contribution in [0.15, 0.2) is 0 Å². The molecule has 0 aromatic heterocycles. The molecule has 0 bridgehead atoms. The van der Waals surface area contributed by atoms with Crippen LogP contribution in [0.1, 0.15) is 57.8 Å². The highest BCUT2D eigenvalue weighted by atomic mass is 79.9. The van der Waals surface area contributed by atoms with Gasteiger partial charge in [0.25, 0.3) is 0 Å². The molecular formula is C12H22BrF3O3S. The highest BCUT2D eigenvalue weighted by Crippen LogP contribution is 2.24. The normalized spacial score (nSPS) is 12.8. The van der Waals surface area contributed by atoms with Crippen molar-refractivity contribution in [2.75, 3.05) is 11.9 Å². The average Bonchev–Trinajstić information content (AvgIpc) is 2.34. The van der Waals surface area contributed by atoms with E-state index in [2.05, 4.69) is 20.1 Å². The van der Waals surface area contributed by atoms with Crippen LogP contribution in [-0.2, 0) is 14.3 Å². The average molecular weight is 383 g/mol. The number of unbranched alkanes of at least 4 members (excludes halogenated alkanes) is 8. The third-order valence-electron chi connectivity index (χ3n) is 2.80. The Morgan fingerprint density at radius 1 is 0.800 bits per heavy atom. The summed E-state index contributed by atoms with van der Waals surface area (Å²) in [6.07, 6.45) is 8.84. The van der Waals surface area contributed by atoms with Crippen molar-refractivity contribution in [3.05, 3.63) is 0 Å². The molecule has 0 rings (SSSR count). The lowest BCUT2D eigenvalue weighted by Gasteiger charge is -2.08. The van der Waals surface area contributed by atoms with Crippen molar-refractivity contribution in [3.8, 4) is 0 Å². The van der Waals surface area contributed by atoms with Gasteiger partial charge in [-0.15, -0.1) is 0 Å². The molecule has 20 heavy (non-hydrogen) atoms. The highest BCUT2D eigenvalue weighted by Gasteiger charge is 2.47. The van der Waals surface area contributed by atoms with Gasteiger partial charge < -0.3 is 0 Å². The topological polar surface area (TPSA) is 43.4 Å². The second-order valence-electron chi connectivity index (χ2n) is 4.59. The van der Waals surface area contributed by atoms with E-state index in [0.717, 1.165) is 24.6 Å². The summed E-state index contributed by atoms with van der Waals surface area (Å²) in [6.45, 7) is -0.396. The fraction of sp³-hybridized carbons (Fsp3) is 1.00. The predicted molar refractivity (Wildman–Crippen MR) is 76.3 cm³/mol. The molecule has 0 aliphatic carbocycles. The molecule has 0 heterocycles. The molecule has 8 heteroatoms. The maximum absolute atomic E-state index is 11.9. The van der Waals surface area contributed by atoms with E-state index < -0.39 is 22.2 Å². The van der Waals surface area contributed by atoms with Gasteiger partial charge in [0.1, 0.15) is 0 Å².